The highest BCUT2D eigenvalue weighted by Gasteiger charge is 2.24. The van der Waals surface area contributed by atoms with E-state index in [-0.39, 0.29) is 23.3 Å². The number of hydrogen-bond acceptors (Lipinski definition) is 2. The predicted molar refractivity (Wildman–Crippen MR) is 91.9 cm³/mol. The molecule has 0 spiro atoms. The van der Waals surface area contributed by atoms with Crippen molar-refractivity contribution >= 4 is 5.91 Å². The summed E-state index contributed by atoms with van der Waals surface area (Å²) in [5, 5.41) is 3.18. The van der Waals surface area contributed by atoms with Gasteiger partial charge in [-0.15, -0.1) is 0 Å². The number of carbonyl (C=O) groups excluding carboxylic acids is 1. The summed E-state index contributed by atoms with van der Waals surface area (Å²) in [6, 6.07) is 8.70. The third-order valence-corrected chi connectivity index (χ3v) is 4.72. The minimum absolute atomic E-state index is 0.0705. The zero-order chi connectivity index (χ0) is 16.3. The minimum Gasteiger partial charge on any atom is -0.349 e. The van der Waals surface area contributed by atoms with E-state index in [9.17, 15) is 4.79 Å². The predicted octanol–water partition coefficient (Wildman–Crippen LogP) is 3.50. The van der Waals surface area contributed by atoms with Crippen LogP contribution in [0.2, 0.25) is 0 Å². The van der Waals surface area contributed by atoms with Crippen molar-refractivity contribution in [3.05, 3.63) is 35.4 Å². The summed E-state index contributed by atoms with van der Waals surface area (Å²) in [5.41, 5.74) is 2.67. The molecule has 1 atom stereocenters. The maximum Gasteiger partial charge on any atom is 0.223 e. The number of benzene rings is 1. The fraction of sp³-hybridized carbons (Fsp3) is 0.632. The van der Waals surface area contributed by atoms with Gasteiger partial charge in [0.05, 0.1) is 6.04 Å². The van der Waals surface area contributed by atoms with Gasteiger partial charge in [-0.05, 0) is 56.4 Å². The SMILES string of the molecule is C[C@@H](NC(=O)C1CCN(C)CC1)c1ccc(C(C)(C)C)cc1. The summed E-state index contributed by atoms with van der Waals surface area (Å²) in [5.74, 6) is 0.382. The highest BCUT2D eigenvalue weighted by Crippen LogP contribution is 2.24. The standard InChI is InChI=1S/C19H30N2O/c1-14(15-6-8-17(9-7-15)19(2,3)4)20-18(22)16-10-12-21(5)13-11-16/h6-9,14,16H,10-13H2,1-5H3,(H,20,22)/t14-/m1/s1. The van der Waals surface area contributed by atoms with Gasteiger partial charge in [0.25, 0.3) is 0 Å². The van der Waals surface area contributed by atoms with Crippen LogP contribution in [0.4, 0.5) is 0 Å². The monoisotopic (exact) mass is 302 g/mol. The second kappa shape index (κ2) is 6.82. The Morgan fingerprint density at radius 2 is 1.73 bits per heavy atom. The third-order valence-electron chi connectivity index (χ3n) is 4.72. The third kappa shape index (κ3) is 4.33. The number of carbonyl (C=O) groups is 1. The van der Waals surface area contributed by atoms with Gasteiger partial charge < -0.3 is 10.2 Å². The van der Waals surface area contributed by atoms with Crippen molar-refractivity contribution in [2.24, 2.45) is 5.92 Å². The molecule has 1 saturated heterocycles. The van der Waals surface area contributed by atoms with E-state index in [1.807, 2.05) is 0 Å². The van der Waals surface area contributed by atoms with Crippen LogP contribution in [0.15, 0.2) is 24.3 Å². The van der Waals surface area contributed by atoms with Crippen molar-refractivity contribution in [2.45, 2.75) is 52.0 Å². The number of nitrogens with zero attached hydrogens (tertiary/aromatic N) is 1. The van der Waals surface area contributed by atoms with Gasteiger partial charge in [-0.2, -0.15) is 0 Å². The Morgan fingerprint density at radius 1 is 1.18 bits per heavy atom. The molecule has 0 radical (unpaired) electrons. The van der Waals surface area contributed by atoms with Crippen LogP contribution in [0.3, 0.4) is 0 Å². The lowest BCUT2D eigenvalue weighted by Crippen LogP contribution is -2.39. The first-order valence-electron chi connectivity index (χ1n) is 8.37. The van der Waals surface area contributed by atoms with Crippen molar-refractivity contribution in [2.75, 3.05) is 20.1 Å². The maximum atomic E-state index is 12.4. The number of amides is 1. The van der Waals surface area contributed by atoms with Gasteiger partial charge in [0.2, 0.25) is 5.91 Å². The number of piperidine rings is 1. The Balaban J connectivity index is 1.94. The molecule has 3 nitrogen and oxygen atoms in total. The van der Waals surface area contributed by atoms with E-state index < -0.39 is 0 Å². The van der Waals surface area contributed by atoms with E-state index in [1.165, 1.54) is 11.1 Å². The average molecular weight is 302 g/mol. The van der Waals surface area contributed by atoms with Gasteiger partial charge in [0.1, 0.15) is 0 Å². The number of hydrogen-bond donors (Lipinski definition) is 1. The topological polar surface area (TPSA) is 32.3 Å². The number of likely N-dealkylation sites (tertiary alicyclic amines) is 1. The van der Waals surface area contributed by atoms with E-state index in [1.54, 1.807) is 0 Å². The summed E-state index contributed by atoms with van der Waals surface area (Å²) < 4.78 is 0. The molecule has 0 saturated carbocycles. The van der Waals surface area contributed by atoms with Crippen molar-refractivity contribution in [3.8, 4) is 0 Å². The van der Waals surface area contributed by atoms with Gasteiger partial charge in [0.15, 0.2) is 0 Å². The van der Waals surface area contributed by atoms with E-state index in [0.717, 1.165) is 25.9 Å². The van der Waals surface area contributed by atoms with E-state index >= 15 is 0 Å². The molecule has 0 aliphatic carbocycles. The van der Waals surface area contributed by atoms with E-state index in [2.05, 4.69) is 69.2 Å². The lowest BCUT2D eigenvalue weighted by molar-refractivity contribution is -0.127. The zero-order valence-electron chi connectivity index (χ0n) is 14.6. The largest absolute Gasteiger partial charge is 0.349 e. The Morgan fingerprint density at radius 3 is 2.23 bits per heavy atom. The molecule has 1 fully saturated rings. The van der Waals surface area contributed by atoms with Crippen LogP contribution in [0.5, 0.6) is 0 Å². The zero-order valence-corrected chi connectivity index (χ0v) is 14.6. The van der Waals surface area contributed by atoms with Crippen LogP contribution in [-0.2, 0) is 10.2 Å². The molecule has 0 bridgehead atoms. The molecule has 0 unspecified atom stereocenters. The molecule has 1 aromatic rings. The van der Waals surface area contributed by atoms with Gasteiger partial charge >= 0.3 is 0 Å². The van der Waals surface area contributed by atoms with Gasteiger partial charge in [-0.1, -0.05) is 45.0 Å². The summed E-state index contributed by atoms with van der Waals surface area (Å²) in [4.78, 5) is 14.7. The molecular weight excluding hydrogens is 272 g/mol. The van der Waals surface area contributed by atoms with E-state index in [4.69, 9.17) is 0 Å². The first-order chi connectivity index (χ1) is 10.3. The lowest BCUT2D eigenvalue weighted by Gasteiger charge is -2.29. The Kier molecular flexibility index (Phi) is 5.28. The number of nitrogens with one attached hydrogen (secondary N) is 1. The van der Waals surface area contributed by atoms with Crippen LogP contribution < -0.4 is 5.32 Å². The Hall–Kier alpha value is -1.35. The van der Waals surface area contributed by atoms with Gasteiger partial charge in [-0.25, -0.2) is 0 Å². The molecule has 3 heteroatoms. The molecule has 1 aromatic carbocycles. The summed E-state index contributed by atoms with van der Waals surface area (Å²) >= 11 is 0. The first kappa shape index (κ1) is 17.0. The quantitative estimate of drug-likeness (QED) is 0.927. The van der Waals surface area contributed by atoms with Gasteiger partial charge in [-0.3, -0.25) is 4.79 Å². The second-order valence-corrected chi connectivity index (χ2v) is 7.68. The van der Waals surface area contributed by atoms with Crippen molar-refractivity contribution in [3.63, 3.8) is 0 Å². The molecule has 1 N–H and O–H groups in total. The van der Waals surface area contributed by atoms with Crippen molar-refractivity contribution < 1.29 is 4.79 Å². The fourth-order valence-corrected chi connectivity index (χ4v) is 2.96. The molecule has 122 valence electrons. The normalized spacial score (nSPS) is 19.0. The Bertz CT molecular complexity index is 493. The van der Waals surface area contributed by atoms with E-state index in [0.29, 0.717) is 0 Å². The molecular formula is C19H30N2O. The van der Waals surface area contributed by atoms with Crippen LogP contribution in [0.1, 0.15) is 57.7 Å². The smallest absolute Gasteiger partial charge is 0.223 e. The first-order valence-corrected chi connectivity index (χ1v) is 8.37. The van der Waals surface area contributed by atoms with Crippen LogP contribution >= 0.6 is 0 Å². The second-order valence-electron chi connectivity index (χ2n) is 7.68. The molecule has 1 aliphatic heterocycles. The highest BCUT2D eigenvalue weighted by molar-refractivity contribution is 5.79. The highest BCUT2D eigenvalue weighted by atomic mass is 16.1. The summed E-state index contributed by atoms with van der Waals surface area (Å²) in [6.07, 6.45) is 1.94. The van der Waals surface area contributed by atoms with Crippen LogP contribution in [0.25, 0.3) is 0 Å². The minimum atomic E-state index is 0.0705. The maximum absolute atomic E-state index is 12.4. The average Bonchev–Trinajstić information content (AvgIpc) is 2.47. The van der Waals surface area contributed by atoms with Gasteiger partial charge in [0, 0.05) is 5.92 Å². The molecule has 1 aliphatic rings. The summed E-state index contributed by atoms with van der Waals surface area (Å²) in [6.45, 7) is 10.8. The van der Waals surface area contributed by atoms with Crippen molar-refractivity contribution in [1.82, 2.24) is 10.2 Å². The molecule has 0 aromatic heterocycles. The number of rotatable bonds is 3. The molecule has 1 heterocycles. The lowest BCUT2D eigenvalue weighted by atomic mass is 9.86. The molecule has 2 rings (SSSR count). The van der Waals surface area contributed by atoms with Crippen LogP contribution in [-0.4, -0.2) is 30.9 Å². The molecule has 22 heavy (non-hydrogen) atoms. The van der Waals surface area contributed by atoms with Crippen molar-refractivity contribution in [1.29, 1.82) is 0 Å². The van der Waals surface area contributed by atoms with Crippen LogP contribution in [0, 0.1) is 5.92 Å². The fourth-order valence-electron chi connectivity index (χ4n) is 2.96. The Labute approximate surface area is 135 Å². The summed E-state index contributed by atoms with van der Waals surface area (Å²) in [7, 11) is 2.12. The molecule has 1 amide bonds.